The number of aryl methyl sites for hydroxylation is 1. The molecule has 2 aliphatic rings. The fourth-order valence-electron chi connectivity index (χ4n) is 4.21. The first-order valence-corrected chi connectivity index (χ1v) is 9.63. The Kier molecular flexibility index (Phi) is 4.85. The number of amides is 3. The first-order valence-electron chi connectivity index (χ1n) is 9.63. The molecule has 2 aliphatic heterocycles. The SMILES string of the molecule is Cc1cccc(CN2CCC3(CC2)C(=O)N(Cc2cccnc2)C(=O)N3C)n1. The summed E-state index contributed by atoms with van der Waals surface area (Å²) in [7, 11) is 1.75. The van der Waals surface area contributed by atoms with E-state index in [2.05, 4.69) is 14.9 Å². The zero-order chi connectivity index (χ0) is 19.7. The topological polar surface area (TPSA) is 69.6 Å². The lowest BCUT2D eigenvalue weighted by Gasteiger charge is -2.40. The van der Waals surface area contributed by atoms with Gasteiger partial charge in [0.2, 0.25) is 0 Å². The summed E-state index contributed by atoms with van der Waals surface area (Å²) in [5.74, 6) is -0.0859. The Balaban J connectivity index is 1.45. The molecule has 0 N–H and O–H groups in total. The normalized spacial score (nSPS) is 19.6. The second-order valence-electron chi connectivity index (χ2n) is 7.67. The number of pyridine rings is 2. The highest BCUT2D eigenvalue weighted by Crippen LogP contribution is 2.37. The van der Waals surface area contributed by atoms with Gasteiger partial charge in [0.05, 0.1) is 12.2 Å². The van der Waals surface area contributed by atoms with Crippen LogP contribution < -0.4 is 0 Å². The Labute approximate surface area is 165 Å². The average Bonchev–Trinajstić information content (AvgIpc) is 2.87. The predicted molar refractivity (Wildman–Crippen MR) is 104 cm³/mol. The van der Waals surface area contributed by atoms with Gasteiger partial charge in [0, 0.05) is 44.8 Å². The monoisotopic (exact) mass is 379 g/mol. The number of likely N-dealkylation sites (N-methyl/N-ethyl adjacent to an activating group) is 1. The number of likely N-dealkylation sites (tertiary alicyclic amines) is 1. The Morgan fingerprint density at radius 2 is 1.86 bits per heavy atom. The van der Waals surface area contributed by atoms with Crippen molar-refractivity contribution in [3.8, 4) is 0 Å². The summed E-state index contributed by atoms with van der Waals surface area (Å²) in [5, 5.41) is 0. The maximum Gasteiger partial charge on any atom is 0.327 e. The quantitative estimate of drug-likeness (QED) is 0.762. The fourth-order valence-corrected chi connectivity index (χ4v) is 4.21. The van der Waals surface area contributed by atoms with Gasteiger partial charge in [-0.3, -0.25) is 24.6 Å². The van der Waals surface area contributed by atoms with Crippen molar-refractivity contribution in [3.63, 3.8) is 0 Å². The molecule has 4 heterocycles. The number of hydrogen-bond acceptors (Lipinski definition) is 5. The number of rotatable bonds is 4. The smallest absolute Gasteiger partial charge is 0.312 e. The number of nitrogens with zero attached hydrogens (tertiary/aromatic N) is 5. The molecule has 4 rings (SSSR count). The molecular weight excluding hydrogens is 354 g/mol. The summed E-state index contributed by atoms with van der Waals surface area (Å²) >= 11 is 0. The molecule has 0 unspecified atom stereocenters. The summed E-state index contributed by atoms with van der Waals surface area (Å²) < 4.78 is 0. The van der Waals surface area contributed by atoms with Gasteiger partial charge in [0.25, 0.3) is 5.91 Å². The molecule has 28 heavy (non-hydrogen) atoms. The number of carbonyl (C=O) groups excluding carboxylic acids is 2. The Morgan fingerprint density at radius 3 is 2.54 bits per heavy atom. The van der Waals surface area contributed by atoms with Crippen LogP contribution in [-0.2, 0) is 17.9 Å². The highest BCUT2D eigenvalue weighted by Gasteiger charge is 2.56. The number of imide groups is 1. The van der Waals surface area contributed by atoms with Crippen molar-refractivity contribution in [2.75, 3.05) is 20.1 Å². The van der Waals surface area contributed by atoms with E-state index in [-0.39, 0.29) is 18.5 Å². The van der Waals surface area contributed by atoms with Gasteiger partial charge < -0.3 is 4.90 Å². The number of aromatic nitrogens is 2. The van der Waals surface area contributed by atoms with E-state index < -0.39 is 5.54 Å². The van der Waals surface area contributed by atoms with Gasteiger partial charge in [-0.05, 0) is 43.5 Å². The molecule has 2 aromatic rings. The minimum atomic E-state index is -0.726. The van der Waals surface area contributed by atoms with Crippen molar-refractivity contribution in [2.24, 2.45) is 0 Å². The van der Waals surface area contributed by atoms with Crippen LogP contribution in [0.3, 0.4) is 0 Å². The molecule has 1 spiro atoms. The second-order valence-corrected chi connectivity index (χ2v) is 7.67. The van der Waals surface area contributed by atoms with Crippen LogP contribution in [0, 0.1) is 6.92 Å². The first kappa shape index (κ1) is 18.6. The van der Waals surface area contributed by atoms with E-state index in [1.54, 1.807) is 24.3 Å². The van der Waals surface area contributed by atoms with E-state index in [9.17, 15) is 9.59 Å². The lowest BCUT2D eigenvalue weighted by molar-refractivity contribution is -0.135. The molecule has 0 radical (unpaired) electrons. The Hall–Kier alpha value is -2.80. The van der Waals surface area contributed by atoms with Crippen LogP contribution in [0.1, 0.15) is 29.8 Å². The van der Waals surface area contributed by atoms with Crippen molar-refractivity contribution in [1.29, 1.82) is 0 Å². The second kappa shape index (κ2) is 7.31. The summed E-state index contributed by atoms with van der Waals surface area (Å²) in [5.41, 5.74) is 2.18. The Morgan fingerprint density at radius 1 is 1.07 bits per heavy atom. The number of urea groups is 1. The lowest BCUT2D eigenvalue weighted by atomic mass is 9.86. The summed E-state index contributed by atoms with van der Waals surface area (Å²) in [6.07, 6.45) is 4.67. The fraction of sp³-hybridized carbons (Fsp3) is 0.429. The minimum Gasteiger partial charge on any atom is -0.312 e. The number of hydrogen-bond donors (Lipinski definition) is 0. The molecule has 7 nitrogen and oxygen atoms in total. The zero-order valence-corrected chi connectivity index (χ0v) is 16.3. The molecule has 3 amide bonds. The Bertz CT molecular complexity index is 877. The van der Waals surface area contributed by atoms with E-state index in [1.807, 2.05) is 37.3 Å². The van der Waals surface area contributed by atoms with E-state index in [0.717, 1.165) is 36.6 Å². The standard InChI is InChI=1S/C21H25N5O2/c1-16-5-3-7-18(23-16)15-25-11-8-21(9-12-25)19(27)26(20(28)24(21)2)14-17-6-4-10-22-13-17/h3-7,10,13H,8-9,11-12,14-15H2,1-2H3. The summed E-state index contributed by atoms with van der Waals surface area (Å²) in [4.78, 5) is 40.0. The van der Waals surface area contributed by atoms with Crippen molar-refractivity contribution >= 4 is 11.9 Å². The van der Waals surface area contributed by atoms with Gasteiger partial charge in [0.15, 0.2) is 0 Å². The van der Waals surface area contributed by atoms with Crippen molar-refractivity contribution in [3.05, 3.63) is 59.7 Å². The van der Waals surface area contributed by atoms with Crippen LogP contribution in [-0.4, -0.2) is 62.3 Å². The van der Waals surface area contributed by atoms with E-state index >= 15 is 0 Å². The van der Waals surface area contributed by atoms with Gasteiger partial charge in [-0.15, -0.1) is 0 Å². The van der Waals surface area contributed by atoms with E-state index in [4.69, 9.17) is 0 Å². The van der Waals surface area contributed by atoms with Crippen LogP contribution in [0.25, 0.3) is 0 Å². The number of piperidine rings is 1. The largest absolute Gasteiger partial charge is 0.327 e. The van der Waals surface area contributed by atoms with Crippen molar-refractivity contribution in [2.45, 2.75) is 38.4 Å². The van der Waals surface area contributed by atoms with Gasteiger partial charge >= 0.3 is 6.03 Å². The minimum absolute atomic E-state index is 0.0859. The number of carbonyl (C=O) groups is 2. The summed E-state index contributed by atoms with van der Waals surface area (Å²) in [6, 6.07) is 9.52. The molecule has 0 bridgehead atoms. The van der Waals surface area contributed by atoms with Gasteiger partial charge in [-0.2, -0.15) is 0 Å². The zero-order valence-electron chi connectivity index (χ0n) is 16.3. The first-order chi connectivity index (χ1) is 13.5. The molecule has 146 valence electrons. The van der Waals surface area contributed by atoms with Crippen molar-refractivity contribution in [1.82, 2.24) is 24.7 Å². The summed E-state index contributed by atoms with van der Waals surface area (Å²) in [6.45, 7) is 4.56. The molecule has 0 aromatic carbocycles. The lowest BCUT2D eigenvalue weighted by Crippen LogP contribution is -2.55. The molecule has 0 aliphatic carbocycles. The van der Waals surface area contributed by atoms with Crippen LogP contribution in [0.15, 0.2) is 42.7 Å². The van der Waals surface area contributed by atoms with Crippen LogP contribution in [0.5, 0.6) is 0 Å². The highest BCUT2D eigenvalue weighted by atomic mass is 16.2. The van der Waals surface area contributed by atoms with E-state index in [1.165, 1.54) is 4.90 Å². The third-order valence-corrected chi connectivity index (χ3v) is 5.88. The molecule has 2 fully saturated rings. The molecule has 0 atom stereocenters. The molecule has 0 saturated carbocycles. The third kappa shape index (κ3) is 3.26. The predicted octanol–water partition coefficient (Wildman–Crippen LogP) is 2.21. The van der Waals surface area contributed by atoms with Gasteiger partial charge in [-0.25, -0.2) is 4.79 Å². The van der Waals surface area contributed by atoms with Crippen LogP contribution in [0.2, 0.25) is 0 Å². The molecule has 2 saturated heterocycles. The maximum atomic E-state index is 13.2. The maximum absolute atomic E-state index is 13.2. The average molecular weight is 379 g/mol. The third-order valence-electron chi connectivity index (χ3n) is 5.88. The van der Waals surface area contributed by atoms with Crippen LogP contribution >= 0.6 is 0 Å². The van der Waals surface area contributed by atoms with Crippen molar-refractivity contribution < 1.29 is 9.59 Å². The molecule has 2 aromatic heterocycles. The molecule has 7 heteroatoms. The van der Waals surface area contributed by atoms with Gasteiger partial charge in [-0.1, -0.05) is 12.1 Å². The van der Waals surface area contributed by atoms with E-state index in [0.29, 0.717) is 12.8 Å². The highest BCUT2D eigenvalue weighted by molar-refractivity contribution is 6.06. The van der Waals surface area contributed by atoms with Crippen LogP contribution in [0.4, 0.5) is 4.79 Å². The van der Waals surface area contributed by atoms with Gasteiger partial charge in [0.1, 0.15) is 5.54 Å². The molecular formula is C21H25N5O2.